The van der Waals surface area contributed by atoms with Gasteiger partial charge >= 0.3 is 11.9 Å². The Morgan fingerprint density at radius 3 is 2.55 bits per heavy atom. The van der Waals surface area contributed by atoms with Gasteiger partial charge in [-0.25, -0.2) is 9.78 Å². The van der Waals surface area contributed by atoms with E-state index in [1.54, 1.807) is 0 Å². The van der Waals surface area contributed by atoms with Crippen LogP contribution < -0.4 is 0 Å². The maximum absolute atomic E-state index is 11.8. The summed E-state index contributed by atoms with van der Waals surface area (Å²) in [6.45, 7) is -0.297. The normalized spacial score (nSPS) is 14.2. The number of pyridine rings is 1. The third-order valence-electron chi connectivity index (χ3n) is 3.26. The molecule has 0 unspecified atom stereocenters. The minimum atomic E-state index is -0.569. The fraction of sp³-hybridized carbons (Fsp3) is 0.429. The van der Waals surface area contributed by atoms with Gasteiger partial charge in [0.2, 0.25) is 5.78 Å². The van der Waals surface area contributed by atoms with Crippen molar-refractivity contribution in [2.45, 2.75) is 19.3 Å². The smallest absolute Gasteiger partial charge is 0.356 e. The number of aromatic nitrogens is 1. The van der Waals surface area contributed by atoms with E-state index in [2.05, 4.69) is 9.72 Å². The van der Waals surface area contributed by atoms with E-state index in [1.807, 2.05) is 0 Å². The number of nitrogens with zero attached hydrogens (tertiary/aromatic N) is 1. The predicted molar refractivity (Wildman–Crippen MR) is 68.2 cm³/mol. The van der Waals surface area contributed by atoms with Gasteiger partial charge in [0.05, 0.1) is 13.0 Å². The standard InChI is InChI=1S/C14H15NO5/c1-19-14(18)11-6-5-10(7-15-11)12(16)8-20-13(17)9-3-2-4-9/h5-7,9H,2-4,8H2,1H3. The van der Waals surface area contributed by atoms with Crippen molar-refractivity contribution >= 4 is 17.7 Å². The molecule has 1 heterocycles. The third-order valence-corrected chi connectivity index (χ3v) is 3.26. The quantitative estimate of drug-likeness (QED) is 0.597. The van der Waals surface area contributed by atoms with Crippen LogP contribution in [0.4, 0.5) is 0 Å². The Morgan fingerprint density at radius 1 is 1.30 bits per heavy atom. The van der Waals surface area contributed by atoms with Crippen LogP contribution in [0.25, 0.3) is 0 Å². The Morgan fingerprint density at radius 2 is 2.05 bits per heavy atom. The van der Waals surface area contributed by atoms with Crippen LogP contribution in [-0.4, -0.2) is 36.4 Å². The summed E-state index contributed by atoms with van der Waals surface area (Å²) >= 11 is 0. The number of Topliss-reactive ketones (excluding diaryl/α,β-unsaturated/α-hetero) is 1. The molecule has 6 heteroatoms. The molecule has 1 saturated carbocycles. The molecular formula is C14H15NO5. The maximum Gasteiger partial charge on any atom is 0.356 e. The molecule has 0 N–H and O–H groups in total. The van der Waals surface area contributed by atoms with Crippen LogP contribution in [0, 0.1) is 5.92 Å². The van der Waals surface area contributed by atoms with Crippen LogP contribution in [0.15, 0.2) is 18.3 Å². The average Bonchev–Trinajstić information content (AvgIpc) is 2.42. The van der Waals surface area contributed by atoms with Crippen molar-refractivity contribution in [1.29, 1.82) is 0 Å². The highest BCUT2D eigenvalue weighted by atomic mass is 16.5. The van der Waals surface area contributed by atoms with Crippen LogP contribution in [0.3, 0.4) is 0 Å². The highest BCUT2D eigenvalue weighted by molar-refractivity contribution is 5.98. The maximum atomic E-state index is 11.8. The Bertz CT molecular complexity index is 519. The lowest BCUT2D eigenvalue weighted by molar-refractivity contribution is -0.150. The van der Waals surface area contributed by atoms with Crippen molar-refractivity contribution in [3.05, 3.63) is 29.6 Å². The summed E-state index contributed by atoms with van der Waals surface area (Å²) in [6, 6.07) is 2.85. The molecule has 0 spiro atoms. The summed E-state index contributed by atoms with van der Waals surface area (Å²) in [4.78, 5) is 38.3. The van der Waals surface area contributed by atoms with Gasteiger partial charge in [-0.3, -0.25) is 9.59 Å². The van der Waals surface area contributed by atoms with E-state index >= 15 is 0 Å². The molecule has 1 aliphatic rings. The van der Waals surface area contributed by atoms with Crippen molar-refractivity contribution in [1.82, 2.24) is 4.98 Å². The molecule has 0 aliphatic heterocycles. The zero-order valence-corrected chi connectivity index (χ0v) is 11.1. The summed E-state index contributed by atoms with van der Waals surface area (Å²) < 4.78 is 9.46. The minimum Gasteiger partial charge on any atom is -0.464 e. The lowest BCUT2D eigenvalue weighted by Gasteiger charge is -2.22. The van der Waals surface area contributed by atoms with Gasteiger partial charge in [0.1, 0.15) is 5.69 Å². The Labute approximate surface area is 116 Å². The number of ketones is 1. The van der Waals surface area contributed by atoms with Crippen LogP contribution >= 0.6 is 0 Å². The molecule has 1 aliphatic carbocycles. The molecule has 1 fully saturated rings. The van der Waals surface area contributed by atoms with Crippen molar-refractivity contribution in [2.24, 2.45) is 5.92 Å². The summed E-state index contributed by atoms with van der Waals surface area (Å²) in [7, 11) is 1.25. The van der Waals surface area contributed by atoms with E-state index in [0.29, 0.717) is 5.56 Å². The SMILES string of the molecule is COC(=O)c1ccc(C(=O)COC(=O)C2CCC2)cn1. The van der Waals surface area contributed by atoms with Gasteiger partial charge in [-0.1, -0.05) is 6.42 Å². The van der Waals surface area contributed by atoms with E-state index in [0.717, 1.165) is 19.3 Å². The fourth-order valence-corrected chi connectivity index (χ4v) is 1.77. The molecule has 0 aromatic carbocycles. The first-order valence-corrected chi connectivity index (χ1v) is 6.36. The number of carbonyl (C=O) groups excluding carboxylic acids is 3. The summed E-state index contributed by atoms with van der Waals surface area (Å²) in [5, 5.41) is 0. The van der Waals surface area contributed by atoms with Gasteiger partial charge < -0.3 is 9.47 Å². The average molecular weight is 277 g/mol. The molecule has 0 amide bonds. The molecule has 0 saturated heterocycles. The van der Waals surface area contributed by atoms with E-state index in [4.69, 9.17) is 4.74 Å². The van der Waals surface area contributed by atoms with Crippen molar-refractivity contribution in [2.75, 3.05) is 13.7 Å². The highest BCUT2D eigenvalue weighted by Gasteiger charge is 2.27. The Balaban J connectivity index is 1.88. The Hall–Kier alpha value is -2.24. The minimum absolute atomic E-state index is 0.0531. The van der Waals surface area contributed by atoms with Gasteiger partial charge in [0.25, 0.3) is 0 Å². The van der Waals surface area contributed by atoms with Crippen molar-refractivity contribution in [3.63, 3.8) is 0 Å². The lowest BCUT2D eigenvalue weighted by Crippen LogP contribution is -2.26. The monoisotopic (exact) mass is 277 g/mol. The predicted octanol–water partition coefficient (Wildman–Crippen LogP) is 1.39. The van der Waals surface area contributed by atoms with E-state index in [1.165, 1.54) is 25.4 Å². The number of carbonyl (C=O) groups is 3. The van der Waals surface area contributed by atoms with Gasteiger partial charge in [0.15, 0.2) is 6.61 Å². The van der Waals surface area contributed by atoms with Crippen LogP contribution in [0.1, 0.15) is 40.1 Å². The number of ether oxygens (including phenoxy) is 2. The Kier molecular flexibility index (Phi) is 4.45. The summed E-state index contributed by atoms with van der Waals surface area (Å²) in [5.74, 6) is -1.28. The van der Waals surface area contributed by atoms with Crippen LogP contribution in [0.2, 0.25) is 0 Å². The van der Waals surface area contributed by atoms with E-state index in [9.17, 15) is 14.4 Å². The van der Waals surface area contributed by atoms with Crippen LogP contribution in [-0.2, 0) is 14.3 Å². The number of hydrogen-bond acceptors (Lipinski definition) is 6. The molecule has 2 rings (SSSR count). The molecule has 1 aromatic heterocycles. The van der Waals surface area contributed by atoms with E-state index < -0.39 is 5.97 Å². The molecule has 0 atom stereocenters. The second-order valence-corrected chi connectivity index (χ2v) is 4.58. The van der Waals surface area contributed by atoms with Crippen molar-refractivity contribution < 1.29 is 23.9 Å². The topological polar surface area (TPSA) is 82.6 Å². The molecule has 1 aromatic rings. The van der Waals surface area contributed by atoms with Gasteiger partial charge in [-0.2, -0.15) is 0 Å². The number of rotatable bonds is 5. The first-order chi connectivity index (χ1) is 9.61. The fourth-order valence-electron chi connectivity index (χ4n) is 1.77. The zero-order chi connectivity index (χ0) is 14.5. The zero-order valence-electron chi connectivity index (χ0n) is 11.1. The third kappa shape index (κ3) is 3.20. The molecular weight excluding hydrogens is 262 g/mol. The molecule has 6 nitrogen and oxygen atoms in total. The molecule has 20 heavy (non-hydrogen) atoms. The second kappa shape index (κ2) is 6.27. The summed E-state index contributed by atoms with van der Waals surface area (Å²) in [5.41, 5.74) is 0.412. The molecule has 0 bridgehead atoms. The lowest BCUT2D eigenvalue weighted by atomic mass is 9.86. The molecule has 0 radical (unpaired) electrons. The highest BCUT2D eigenvalue weighted by Crippen LogP contribution is 2.27. The van der Waals surface area contributed by atoms with Gasteiger partial charge in [0, 0.05) is 11.8 Å². The van der Waals surface area contributed by atoms with Crippen LogP contribution in [0.5, 0.6) is 0 Å². The number of esters is 2. The summed E-state index contributed by atoms with van der Waals surface area (Å²) in [6.07, 6.45) is 3.98. The van der Waals surface area contributed by atoms with Gasteiger partial charge in [-0.05, 0) is 25.0 Å². The largest absolute Gasteiger partial charge is 0.464 e. The number of hydrogen-bond donors (Lipinski definition) is 0. The molecule has 106 valence electrons. The first kappa shape index (κ1) is 14.2. The van der Waals surface area contributed by atoms with Crippen molar-refractivity contribution in [3.8, 4) is 0 Å². The van der Waals surface area contributed by atoms with E-state index in [-0.39, 0.29) is 30.0 Å². The number of methoxy groups -OCH3 is 1. The second-order valence-electron chi connectivity index (χ2n) is 4.58. The first-order valence-electron chi connectivity index (χ1n) is 6.36. The van der Waals surface area contributed by atoms with Gasteiger partial charge in [-0.15, -0.1) is 0 Å².